The number of rotatable bonds is 4. The van der Waals surface area contributed by atoms with Crippen molar-refractivity contribution < 1.29 is 8.42 Å². The van der Waals surface area contributed by atoms with E-state index in [4.69, 9.17) is 0 Å². The second kappa shape index (κ2) is 6.98. The fourth-order valence-corrected chi connectivity index (χ4v) is 5.19. The van der Waals surface area contributed by atoms with Crippen molar-refractivity contribution in [2.75, 3.05) is 40.9 Å². The Balaban J connectivity index is 1.80. The third-order valence-corrected chi connectivity index (χ3v) is 6.46. The standard InChI is InChI=1S/C15H25N5O2S/c1-2-20(13-7-10-23(21,22)12-13)14-11-16-18-15(17-14)19-8-5-3-4-6-9-19/h11,13H,2-10,12H2,1H3. The van der Waals surface area contributed by atoms with Crippen molar-refractivity contribution in [1.82, 2.24) is 15.2 Å². The largest absolute Gasteiger partial charge is 0.351 e. The first-order valence-electron chi connectivity index (χ1n) is 8.51. The first-order valence-corrected chi connectivity index (χ1v) is 10.3. The molecule has 7 nitrogen and oxygen atoms in total. The number of hydrogen-bond donors (Lipinski definition) is 0. The minimum absolute atomic E-state index is 0.00122. The fraction of sp³-hybridized carbons (Fsp3) is 0.800. The number of aromatic nitrogens is 3. The predicted octanol–water partition coefficient (Wildman–Crippen LogP) is 1.27. The topological polar surface area (TPSA) is 79.3 Å². The molecule has 0 aliphatic carbocycles. The van der Waals surface area contributed by atoms with Crippen molar-refractivity contribution in [2.24, 2.45) is 0 Å². The second-order valence-corrected chi connectivity index (χ2v) is 8.59. The van der Waals surface area contributed by atoms with E-state index in [2.05, 4.69) is 25.0 Å². The highest BCUT2D eigenvalue weighted by molar-refractivity contribution is 7.91. The van der Waals surface area contributed by atoms with Crippen LogP contribution in [0.3, 0.4) is 0 Å². The Labute approximate surface area is 138 Å². The summed E-state index contributed by atoms with van der Waals surface area (Å²) in [5.74, 6) is 1.89. The molecule has 3 rings (SSSR count). The quantitative estimate of drug-likeness (QED) is 0.817. The number of nitrogens with zero attached hydrogens (tertiary/aromatic N) is 5. The van der Waals surface area contributed by atoms with Crippen LogP contribution >= 0.6 is 0 Å². The van der Waals surface area contributed by atoms with Crippen molar-refractivity contribution in [3.8, 4) is 0 Å². The predicted molar refractivity (Wildman–Crippen MR) is 90.6 cm³/mol. The number of anilines is 2. The maximum Gasteiger partial charge on any atom is 0.247 e. The molecule has 1 aromatic rings. The highest BCUT2D eigenvalue weighted by Gasteiger charge is 2.32. The third kappa shape index (κ3) is 3.91. The monoisotopic (exact) mass is 339 g/mol. The van der Waals surface area contributed by atoms with Crippen LogP contribution in [0.1, 0.15) is 39.0 Å². The Bertz CT molecular complexity index is 629. The average molecular weight is 339 g/mol. The SMILES string of the molecule is CCN(c1cnnc(N2CCCCCC2)n1)C1CCS(=O)(=O)C1. The molecule has 1 atom stereocenters. The zero-order chi connectivity index (χ0) is 16.3. The molecule has 2 saturated heterocycles. The summed E-state index contributed by atoms with van der Waals surface area (Å²) in [6, 6.07) is -0.00122. The van der Waals surface area contributed by atoms with Crippen molar-refractivity contribution in [3.63, 3.8) is 0 Å². The molecule has 0 spiro atoms. The van der Waals surface area contributed by atoms with Gasteiger partial charge in [0.2, 0.25) is 5.95 Å². The summed E-state index contributed by atoms with van der Waals surface area (Å²) in [6.07, 6.45) is 7.14. The highest BCUT2D eigenvalue weighted by atomic mass is 32.2. The van der Waals surface area contributed by atoms with Crippen molar-refractivity contribution in [1.29, 1.82) is 0 Å². The molecule has 0 saturated carbocycles. The Morgan fingerprint density at radius 1 is 1.26 bits per heavy atom. The van der Waals surface area contributed by atoms with Crippen LogP contribution < -0.4 is 9.80 Å². The molecule has 8 heteroatoms. The summed E-state index contributed by atoms with van der Waals surface area (Å²) in [5.41, 5.74) is 0. The lowest BCUT2D eigenvalue weighted by molar-refractivity contribution is 0.599. The molecular weight excluding hydrogens is 314 g/mol. The van der Waals surface area contributed by atoms with Crippen LogP contribution in [0.15, 0.2) is 6.20 Å². The molecule has 0 bridgehead atoms. The average Bonchev–Trinajstić information content (AvgIpc) is 2.76. The van der Waals surface area contributed by atoms with E-state index in [1.165, 1.54) is 12.8 Å². The maximum atomic E-state index is 11.8. The molecule has 2 aliphatic heterocycles. The maximum absolute atomic E-state index is 11.8. The lowest BCUT2D eigenvalue weighted by atomic mass is 10.2. The Morgan fingerprint density at radius 2 is 2.00 bits per heavy atom. The summed E-state index contributed by atoms with van der Waals surface area (Å²) in [5, 5.41) is 8.32. The van der Waals surface area contributed by atoms with Gasteiger partial charge in [0.25, 0.3) is 0 Å². The smallest absolute Gasteiger partial charge is 0.247 e. The molecular formula is C15H25N5O2S. The van der Waals surface area contributed by atoms with Gasteiger partial charge < -0.3 is 9.80 Å². The molecule has 1 unspecified atom stereocenters. The van der Waals surface area contributed by atoms with E-state index >= 15 is 0 Å². The molecule has 3 heterocycles. The molecule has 0 radical (unpaired) electrons. The molecule has 128 valence electrons. The zero-order valence-corrected chi connectivity index (χ0v) is 14.5. The molecule has 0 amide bonds. The zero-order valence-electron chi connectivity index (χ0n) is 13.7. The van der Waals surface area contributed by atoms with Crippen LogP contribution in [0, 0.1) is 0 Å². The van der Waals surface area contributed by atoms with Gasteiger partial charge in [-0.2, -0.15) is 10.1 Å². The first-order chi connectivity index (χ1) is 11.1. The number of hydrogen-bond acceptors (Lipinski definition) is 7. The van der Waals surface area contributed by atoms with Crippen LogP contribution in [0.25, 0.3) is 0 Å². The van der Waals surface area contributed by atoms with Crippen LogP contribution in [0.2, 0.25) is 0 Å². The Hall–Kier alpha value is -1.44. The van der Waals surface area contributed by atoms with Gasteiger partial charge in [0, 0.05) is 25.7 Å². The molecule has 23 heavy (non-hydrogen) atoms. The van der Waals surface area contributed by atoms with Gasteiger partial charge in [-0.1, -0.05) is 12.8 Å². The summed E-state index contributed by atoms with van der Waals surface area (Å²) < 4.78 is 23.5. The Morgan fingerprint density at radius 3 is 2.61 bits per heavy atom. The Kier molecular flexibility index (Phi) is 4.99. The second-order valence-electron chi connectivity index (χ2n) is 6.36. The van der Waals surface area contributed by atoms with E-state index in [0.717, 1.165) is 38.3 Å². The van der Waals surface area contributed by atoms with Crippen LogP contribution in [-0.2, 0) is 9.84 Å². The molecule has 0 N–H and O–H groups in total. The van der Waals surface area contributed by atoms with Gasteiger partial charge in [0.05, 0.1) is 17.7 Å². The minimum atomic E-state index is -2.91. The third-order valence-electron chi connectivity index (χ3n) is 4.71. The highest BCUT2D eigenvalue weighted by Crippen LogP contribution is 2.24. The van der Waals surface area contributed by atoms with Crippen molar-refractivity contribution in [2.45, 2.75) is 45.1 Å². The minimum Gasteiger partial charge on any atom is -0.351 e. The molecule has 1 aromatic heterocycles. The van der Waals surface area contributed by atoms with Gasteiger partial charge in [-0.3, -0.25) is 0 Å². The number of sulfone groups is 1. The van der Waals surface area contributed by atoms with E-state index in [-0.39, 0.29) is 17.5 Å². The van der Waals surface area contributed by atoms with E-state index < -0.39 is 9.84 Å². The summed E-state index contributed by atoms with van der Waals surface area (Å²) in [4.78, 5) is 8.94. The molecule has 0 aromatic carbocycles. The molecule has 2 fully saturated rings. The van der Waals surface area contributed by atoms with E-state index in [0.29, 0.717) is 12.4 Å². The van der Waals surface area contributed by atoms with E-state index in [1.54, 1.807) is 6.20 Å². The lowest BCUT2D eigenvalue weighted by Crippen LogP contribution is -2.37. The van der Waals surface area contributed by atoms with Crippen LogP contribution in [0.4, 0.5) is 11.8 Å². The van der Waals surface area contributed by atoms with Gasteiger partial charge >= 0.3 is 0 Å². The summed E-state index contributed by atoms with van der Waals surface area (Å²) in [7, 11) is -2.91. The van der Waals surface area contributed by atoms with Gasteiger partial charge in [-0.25, -0.2) is 8.42 Å². The normalized spacial score (nSPS) is 24.4. The summed E-state index contributed by atoms with van der Waals surface area (Å²) >= 11 is 0. The van der Waals surface area contributed by atoms with E-state index in [9.17, 15) is 8.42 Å². The van der Waals surface area contributed by atoms with Gasteiger partial charge in [-0.15, -0.1) is 5.10 Å². The van der Waals surface area contributed by atoms with Crippen LogP contribution in [0.5, 0.6) is 0 Å². The van der Waals surface area contributed by atoms with Gasteiger partial charge in [0.15, 0.2) is 15.7 Å². The van der Waals surface area contributed by atoms with Crippen LogP contribution in [-0.4, -0.2) is 60.8 Å². The first kappa shape index (κ1) is 16.4. The molecule has 2 aliphatic rings. The summed E-state index contributed by atoms with van der Waals surface area (Å²) in [6.45, 7) is 4.68. The van der Waals surface area contributed by atoms with Gasteiger partial charge in [-0.05, 0) is 26.2 Å². The van der Waals surface area contributed by atoms with Gasteiger partial charge in [0.1, 0.15) is 0 Å². The fourth-order valence-electron chi connectivity index (χ4n) is 3.46. The van der Waals surface area contributed by atoms with E-state index in [1.807, 2.05) is 6.92 Å². The lowest BCUT2D eigenvalue weighted by Gasteiger charge is -2.28. The van der Waals surface area contributed by atoms with Crippen molar-refractivity contribution in [3.05, 3.63) is 6.20 Å². The van der Waals surface area contributed by atoms with Crippen molar-refractivity contribution >= 4 is 21.6 Å².